The summed E-state index contributed by atoms with van der Waals surface area (Å²) >= 11 is 0. The lowest BCUT2D eigenvalue weighted by Gasteiger charge is -2.20. The van der Waals surface area contributed by atoms with Gasteiger partial charge in [0.25, 0.3) is 0 Å². The van der Waals surface area contributed by atoms with E-state index in [1.165, 1.54) is 23.8 Å². The molecule has 1 aromatic heterocycles. The van der Waals surface area contributed by atoms with Crippen LogP contribution in [-0.4, -0.2) is 12.0 Å². The molecule has 2 aromatic rings. The Morgan fingerprint density at radius 3 is 2.83 bits per heavy atom. The van der Waals surface area contributed by atoms with Crippen LogP contribution < -0.4 is 5.32 Å². The van der Waals surface area contributed by atoms with Gasteiger partial charge in [0.15, 0.2) is 0 Å². The van der Waals surface area contributed by atoms with Crippen molar-refractivity contribution in [1.82, 2.24) is 10.3 Å². The third-order valence-corrected chi connectivity index (χ3v) is 3.71. The lowest BCUT2D eigenvalue weighted by atomic mass is 9.93. The molecule has 0 saturated carbocycles. The van der Waals surface area contributed by atoms with E-state index in [0.717, 1.165) is 11.4 Å². The third-order valence-electron chi connectivity index (χ3n) is 3.71. The SMILES string of the molecule is CCC(C)CC(NC)c1ccc2ncccc2c1. The molecule has 96 valence electrons. The molecule has 0 aliphatic heterocycles. The number of pyridine rings is 1. The van der Waals surface area contributed by atoms with Crippen LogP contribution in [0, 0.1) is 5.92 Å². The molecule has 0 fully saturated rings. The van der Waals surface area contributed by atoms with Gasteiger partial charge in [-0.3, -0.25) is 4.98 Å². The Hall–Kier alpha value is -1.41. The largest absolute Gasteiger partial charge is 0.313 e. The Morgan fingerprint density at radius 1 is 1.28 bits per heavy atom. The zero-order chi connectivity index (χ0) is 13.0. The van der Waals surface area contributed by atoms with Crippen LogP contribution in [0.2, 0.25) is 0 Å². The zero-order valence-electron chi connectivity index (χ0n) is 11.5. The van der Waals surface area contributed by atoms with Crippen LogP contribution in [0.4, 0.5) is 0 Å². The Balaban J connectivity index is 2.27. The normalized spacial score (nSPS) is 14.6. The number of rotatable bonds is 5. The van der Waals surface area contributed by atoms with E-state index in [-0.39, 0.29) is 0 Å². The number of fused-ring (bicyclic) bond motifs is 1. The van der Waals surface area contributed by atoms with E-state index < -0.39 is 0 Å². The first-order valence-electron chi connectivity index (χ1n) is 6.76. The van der Waals surface area contributed by atoms with E-state index >= 15 is 0 Å². The zero-order valence-corrected chi connectivity index (χ0v) is 11.5. The van der Waals surface area contributed by atoms with Crippen LogP contribution in [-0.2, 0) is 0 Å². The van der Waals surface area contributed by atoms with Crippen molar-refractivity contribution in [3.63, 3.8) is 0 Å². The number of nitrogens with one attached hydrogen (secondary N) is 1. The molecule has 2 nitrogen and oxygen atoms in total. The summed E-state index contributed by atoms with van der Waals surface area (Å²) in [6.07, 6.45) is 4.25. The van der Waals surface area contributed by atoms with Crippen molar-refractivity contribution in [2.75, 3.05) is 7.05 Å². The maximum Gasteiger partial charge on any atom is 0.0702 e. The van der Waals surface area contributed by atoms with Crippen LogP contribution in [0.5, 0.6) is 0 Å². The van der Waals surface area contributed by atoms with Crippen LogP contribution >= 0.6 is 0 Å². The van der Waals surface area contributed by atoms with Crippen molar-refractivity contribution in [3.05, 3.63) is 42.1 Å². The van der Waals surface area contributed by atoms with E-state index in [9.17, 15) is 0 Å². The minimum Gasteiger partial charge on any atom is -0.313 e. The van der Waals surface area contributed by atoms with Gasteiger partial charge in [-0.15, -0.1) is 0 Å². The molecule has 2 atom stereocenters. The number of aromatic nitrogens is 1. The smallest absolute Gasteiger partial charge is 0.0702 e. The van der Waals surface area contributed by atoms with Gasteiger partial charge in [0.05, 0.1) is 5.52 Å². The standard InChI is InChI=1S/C16H22N2/c1-4-12(2)10-16(17-3)14-7-8-15-13(11-14)6-5-9-18-15/h5-9,11-12,16-17H,4,10H2,1-3H3. The quantitative estimate of drug-likeness (QED) is 0.859. The monoisotopic (exact) mass is 242 g/mol. The Morgan fingerprint density at radius 2 is 2.11 bits per heavy atom. The molecule has 0 amide bonds. The van der Waals surface area contributed by atoms with E-state index in [1.54, 1.807) is 0 Å². The second kappa shape index (κ2) is 5.96. The molecule has 1 aromatic carbocycles. The maximum atomic E-state index is 4.36. The molecule has 0 aliphatic rings. The summed E-state index contributed by atoms with van der Waals surface area (Å²) in [4.78, 5) is 4.36. The summed E-state index contributed by atoms with van der Waals surface area (Å²) in [7, 11) is 2.04. The number of hydrogen-bond donors (Lipinski definition) is 1. The molecule has 1 heterocycles. The molecule has 0 spiro atoms. The molecule has 18 heavy (non-hydrogen) atoms. The predicted octanol–water partition coefficient (Wildman–Crippen LogP) is 3.93. The van der Waals surface area contributed by atoms with Gasteiger partial charge in [0.2, 0.25) is 0 Å². The van der Waals surface area contributed by atoms with Crippen LogP contribution in [0.25, 0.3) is 10.9 Å². The molecule has 2 heteroatoms. The van der Waals surface area contributed by atoms with Gasteiger partial charge in [-0.25, -0.2) is 0 Å². The average Bonchev–Trinajstić information content (AvgIpc) is 2.44. The topological polar surface area (TPSA) is 24.9 Å². The van der Waals surface area contributed by atoms with E-state index in [4.69, 9.17) is 0 Å². The molecule has 2 unspecified atom stereocenters. The minimum absolute atomic E-state index is 0.435. The molecule has 0 saturated heterocycles. The molecule has 2 rings (SSSR count). The van der Waals surface area contributed by atoms with Crippen molar-refractivity contribution in [2.24, 2.45) is 5.92 Å². The molecule has 0 radical (unpaired) electrons. The maximum absolute atomic E-state index is 4.36. The summed E-state index contributed by atoms with van der Waals surface area (Å²) in [5, 5.41) is 4.65. The highest BCUT2D eigenvalue weighted by atomic mass is 14.9. The highest BCUT2D eigenvalue weighted by molar-refractivity contribution is 5.79. The summed E-state index contributed by atoms with van der Waals surface area (Å²) in [6, 6.07) is 11.1. The summed E-state index contributed by atoms with van der Waals surface area (Å²) in [5.74, 6) is 0.743. The van der Waals surface area contributed by atoms with Gasteiger partial charge in [-0.05, 0) is 43.1 Å². The van der Waals surface area contributed by atoms with Gasteiger partial charge < -0.3 is 5.32 Å². The van der Waals surface area contributed by atoms with E-state index in [0.29, 0.717) is 6.04 Å². The van der Waals surface area contributed by atoms with Gasteiger partial charge in [0.1, 0.15) is 0 Å². The first-order valence-corrected chi connectivity index (χ1v) is 6.76. The van der Waals surface area contributed by atoms with Crippen molar-refractivity contribution in [2.45, 2.75) is 32.7 Å². The van der Waals surface area contributed by atoms with Crippen molar-refractivity contribution < 1.29 is 0 Å². The predicted molar refractivity (Wildman–Crippen MR) is 77.6 cm³/mol. The number of hydrogen-bond acceptors (Lipinski definition) is 2. The molecule has 0 bridgehead atoms. The third kappa shape index (κ3) is 2.88. The fourth-order valence-corrected chi connectivity index (χ4v) is 2.30. The fraction of sp³-hybridized carbons (Fsp3) is 0.438. The van der Waals surface area contributed by atoms with Gasteiger partial charge in [-0.2, -0.15) is 0 Å². The van der Waals surface area contributed by atoms with Crippen LogP contribution in [0.3, 0.4) is 0 Å². The van der Waals surface area contributed by atoms with Crippen molar-refractivity contribution in [1.29, 1.82) is 0 Å². The highest BCUT2D eigenvalue weighted by Gasteiger charge is 2.12. The van der Waals surface area contributed by atoms with Crippen LogP contribution in [0.1, 0.15) is 38.3 Å². The second-order valence-electron chi connectivity index (χ2n) is 5.05. The first-order chi connectivity index (χ1) is 8.74. The lowest BCUT2D eigenvalue weighted by molar-refractivity contribution is 0.422. The Bertz CT molecular complexity index is 507. The Kier molecular flexibility index (Phi) is 4.32. The summed E-state index contributed by atoms with van der Waals surface area (Å²) in [5.41, 5.74) is 2.43. The highest BCUT2D eigenvalue weighted by Crippen LogP contribution is 2.25. The summed E-state index contributed by atoms with van der Waals surface area (Å²) < 4.78 is 0. The lowest BCUT2D eigenvalue weighted by Crippen LogP contribution is -2.18. The van der Waals surface area contributed by atoms with Gasteiger partial charge in [0, 0.05) is 17.6 Å². The van der Waals surface area contributed by atoms with Crippen LogP contribution in [0.15, 0.2) is 36.5 Å². The first kappa shape index (κ1) is 13.0. The van der Waals surface area contributed by atoms with Crippen molar-refractivity contribution in [3.8, 4) is 0 Å². The minimum atomic E-state index is 0.435. The fourth-order valence-electron chi connectivity index (χ4n) is 2.30. The van der Waals surface area contributed by atoms with Crippen molar-refractivity contribution >= 4 is 10.9 Å². The Labute approximate surface area is 109 Å². The van der Waals surface area contributed by atoms with E-state index in [1.807, 2.05) is 19.3 Å². The molecular formula is C16H22N2. The van der Waals surface area contributed by atoms with Gasteiger partial charge in [-0.1, -0.05) is 32.4 Å². The molecule has 1 N–H and O–H groups in total. The molecular weight excluding hydrogens is 220 g/mol. The summed E-state index contributed by atoms with van der Waals surface area (Å²) in [6.45, 7) is 4.56. The molecule has 0 aliphatic carbocycles. The van der Waals surface area contributed by atoms with E-state index in [2.05, 4.69) is 48.4 Å². The number of nitrogens with zero attached hydrogens (tertiary/aromatic N) is 1. The second-order valence-corrected chi connectivity index (χ2v) is 5.05. The average molecular weight is 242 g/mol. The van der Waals surface area contributed by atoms with Gasteiger partial charge >= 0.3 is 0 Å². The number of benzene rings is 1.